The van der Waals surface area contributed by atoms with Crippen LogP contribution in [-0.4, -0.2) is 34.4 Å². The van der Waals surface area contributed by atoms with E-state index in [0.29, 0.717) is 5.25 Å². The van der Waals surface area contributed by atoms with E-state index in [-0.39, 0.29) is 6.61 Å². The van der Waals surface area contributed by atoms with Crippen LogP contribution in [0.4, 0.5) is 0 Å². The van der Waals surface area contributed by atoms with Crippen LogP contribution < -0.4 is 10.1 Å². The summed E-state index contributed by atoms with van der Waals surface area (Å²) in [6.07, 6.45) is 0.403. The Balaban J connectivity index is 1.35. The largest absolute Gasteiger partial charge is 0.491 e. The van der Waals surface area contributed by atoms with Crippen molar-refractivity contribution >= 4 is 11.8 Å². The number of hydrogen-bond donors (Lipinski definition) is 3. The second-order valence-corrected chi connectivity index (χ2v) is 8.48. The van der Waals surface area contributed by atoms with E-state index in [2.05, 4.69) is 34.6 Å². The highest BCUT2D eigenvalue weighted by atomic mass is 32.2. The topological polar surface area (TPSA) is 57.3 Å². The number of aryl methyl sites for hydroxylation is 1. The van der Waals surface area contributed by atoms with Crippen LogP contribution in [0.25, 0.3) is 11.3 Å². The summed E-state index contributed by atoms with van der Waals surface area (Å²) in [5.74, 6) is 1.84. The molecule has 0 aliphatic carbocycles. The van der Waals surface area contributed by atoms with E-state index >= 15 is 0 Å². The lowest BCUT2D eigenvalue weighted by atomic mass is 10.1. The maximum atomic E-state index is 10.6. The molecule has 5 heteroatoms. The third kappa shape index (κ3) is 4.61. The maximum absolute atomic E-state index is 10.6. The summed E-state index contributed by atoms with van der Waals surface area (Å²) in [7, 11) is 0. The van der Waals surface area contributed by atoms with Crippen LogP contribution in [0.2, 0.25) is 0 Å². The molecule has 3 N–H and O–H groups in total. The number of hydrogen-bond acceptors (Lipinski definition) is 4. The van der Waals surface area contributed by atoms with Gasteiger partial charge < -0.3 is 20.1 Å². The minimum atomic E-state index is -0.672. The van der Waals surface area contributed by atoms with Gasteiger partial charge in [0.1, 0.15) is 18.5 Å². The molecule has 2 aromatic carbocycles. The van der Waals surface area contributed by atoms with E-state index in [0.717, 1.165) is 47.1 Å². The number of benzene rings is 2. The molecule has 4 nitrogen and oxygen atoms in total. The van der Waals surface area contributed by atoms with Crippen LogP contribution in [0, 0.1) is 6.92 Å². The zero-order valence-corrected chi connectivity index (χ0v) is 16.8. The summed E-state index contributed by atoms with van der Waals surface area (Å²) >= 11 is 1.98. The van der Waals surface area contributed by atoms with Crippen molar-refractivity contribution in [1.82, 2.24) is 10.3 Å². The molecule has 1 saturated heterocycles. The number of aliphatic hydroxyl groups excluding tert-OH is 1. The molecular formula is C23H26N2O2S. The van der Waals surface area contributed by atoms with Crippen molar-refractivity contribution in [2.75, 3.05) is 19.0 Å². The first kappa shape index (κ1) is 19.1. The van der Waals surface area contributed by atoms with E-state index in [1.807, 2.05) is 55.1 Å². The first-order valence-electron chi connectivity index (χ1n) is 9.66. The number of nitrogens with one attached hydrogen (secondary N) is 2. The highest BCUT2D eigenvalue weighted by Crippen LogP contribution is 2.27. The zero-order valence-electron chi connectivity index (χ0n) is 16.0. The molecule has 0 spiro atoms. The summed E-state index contributed by atoms with van der Waals surface area (Å²) in [6.45, 7) is 3.29. The van der Waals surface area contributed by atoms with Gasteiger partial charge in [-0.1, -0.05) is 42.5 Å². The highest BCUT2D eigenvalue weighted by molar-refractivity contribution is 8.00. The van der Waals surface area contributed by atoms with Gasteiger partial charge in [-0.15, -0.1) is 11.8 Å². The number of ether oxygens (including phenoxy) is 1. The molecular weight excluding hydrogens is 368 g/mol. The Morgan fingerprint density at radius 2 is 1.93 bits per heavy atom. The molecule has 1 aromatic heterocycles. The van der Waals surface area contributed by atoms with E-state index < -0.39 is 6.10 Å². The summed E-state index contributed by atoms with van der Waals surface area (Å²) in [5, 5.41) is 14.6. The molecule has 1 fully saturated rings. The van der Waals surface area contributed by atoms with Crippen LogP contribution in [0.5, 0.6) is 5.75 Å². The van der Waals surface area contributed by atoms with Crippen molar-refractivity contribution in [2.24, 2.45) is 0 Å². The Labute approximate surface area is 170 Å². The lowest BCUT2D eigenvalue weighted by Crippen LogP contribution is -2.14. The monoisotopic (exact) mass is 394 g/mol. The standard InChI is InChI=1S/C23H26N2O2S/c1-16-21(12-22(25-16)18-5-3-2-4-6-18)23(26)14-27-19-9-7-17(8-10-19)11-20-13-24-15-28-20/h2-10,12,20,23-26H,11,13-15H2,1H3. The fourth-order valence-electron chi connectivity index (χ4n) is 3.53. The van der Waals surface area contributed by atoms with Gasteiger partial charge in [0, 0.05) is 34.6 Å². The van der Waals surface area contributed by atoms with Crippen LogP contribution in [0.15, 0.2) is 60.7 Å². The van der Waals surface area contributed by atoms with E-state index in [4.69, 9.17) is 4.74 Å². The van der Waals surface area contributed by atoms with Gasteiger partial charge in [-0.05, 0) is 42.7 Å². The SMILES string of the molecule is Cc1[nH]c(-c2ccccc2)cc1C(O)COc1ccc(CC2CNCS2)cc1. The highest BCUT2D eigenvalue weighted by Gasteiger charge is 2.17. The number of aliphatic hydroxyl groups is 1. The number of rotatable bonds is 7. The van der Waals surface area contributed by atoms with Gasteiger partial charge in [-0.3, -0.25) is 0 Å². The lowest BCUT2D eigenvalue weighted by molar-refractivity contribution is 0.108. The third-order valence-corrected chi connectivity index (χ3v) is 6.26. The van der Waals surface area contributed by atoms with E-state index in [9.17, 15) is 5.11 Å². The van der Waals surface area contributed by atoms with Crippen molar-refractivity contribution in [3.8, 4) is 17.0 Å². The summed E-state index contributed by atoms with van der Waals surface area (Å²) in [6, 6.07) is 20.4. The lowest BCUT2D eigenvalue weighted by Gasteiger charge is -2.13. The zero-order chi connectivity index (χ0) is 19.3. The number of H-pyrrole nitrogens is 1. The molecule has 0 bridgehead atoms. The molecule has 2 atom stereocenters. The second kappa shape index (κ2) is 8.86. The molecule has 4 rings (SSSR count). The van der Waals surface area contributed by atoms with Gasteiger partial charge in [0.15, 0.2) is 0 Å². The summed E-state index contributed by atoms with van der Waals surface area (Å²) < 4.78 is 5.84. The molecule has 2 heterocycles. The fraction of sp³-hybridized carbons (Fsp3) is 0.304. The van der Waals surface area contributed by atoms with Crippen molar-refractivity contribution < 1.29 is 9.84 Å². The van der Waals surface area contributed by atoms with Gasteiger partial charge >= 0.3 is 0 Å². The fourth-order valence-corrected chi connectivity index (χ4v) is 4.55. The Hall–Kier alpha value is -2.21. The first-order chi connectivity index (χ1) is 13.7. The molecule has 0 saturated carbocycles. The van der Waals surface area contributed by atoms with Crippen molar-refractivity contribution in [3.05, 3.63) is 77.5 Å². The predicted octanol–water partition coefficient (Wildman–Crippen LogP) is 4.31. The molecule has 2 unspecified atom stereocenters. The predicted molar refractivity (Wildman–Crippen MR) is 116 cm³/mol. The molecule has 1 aliphatic rings. The Bertz CT molecular complexity index is 887. The summed E-state index contributed by atoms with van der Waals surface area (Å²) in [5.41, 5.74) is 5.28. The number of thioether (sulfide) groups is 1. The molecule has 28 heavy (non-hydrogen) atoms. The Morgan fingerprint density at radius 1 is 1.14 bits per heavy atom. The van der Waals surface area contributed by atoms with Gasteiger partial charge in [0.2, 0.25) is 0 Å². The van der Waals surface area contributed by atoms with Crippen molar-refractivity contribution in [2.45, 2.75) is 24.7 Å². The van der Waals surface area contributed by atoms with E-state index in [1.165, 1.54) is 5.56 Å². The van der Waals surface area contributed by atoms with Crippen LogP contribution >= 0.6 is 11.8 Å². The number of aromatic amines is 1. The summed E-state index contributed by atoms with van der Waals surface area (Å²) in [4.78, 5) is 3.36. The van der Waals surface area contributed by atoms with Gasteiger partial charge in [-0.2, -0.15) is 0 Å². The normalized spacial score (nSPS) is 17.6. The second-order valence-electron chi connectivity index (χ2n) is 7.19. The van der Waals surface area contributed by atoms with Crippen LogP contribution in [-0.2, 0) is 6.42 Å². The Kier molecular flexibility index (Phi) is 6.05. The van der Waals surface area contributed by atoms with Gasteiger partial charge in [0.05, 0.1) is 0 Å². The molecule has 146 valence electrons. The van der Waals surface area contributed by atoms with Crippen LogP contribution in [0.3, 0.4) is 0 Å². The molecule has 0 radical (unpaired) electrons. The van der Waals surface area contributed by atoms with Crippen LogP contribution in [0.1, 0.15) is 22.9 Å². The number of aromatic nitrogens is 1. The van der Waals surface area contributed by atoms with Gasteiger partial charge in [0.25, 0.3) is 0 Å². The molecule has 0 amide bonds. The molecule has 1 aliphatic heterocycles. The average Bonchev–Trinajstić information content (AvgIpc) is 3.37. The maximum Gasteiger partial charge on any atom is 0.119 e. The van der Waals surface area contributed by atoms with E-state index in [1.54, 1.807) is 0 Å². The van der Waals surface area contributed by atoms with Crippen molar-refractivity contribution in [1.29, 1.82) is 0 Å². The minimum absolute atomic E-state index is 0.231. The Morgan fingerprint density at radius 3 is 2.64 bits per heavy atom. The van der Waals surface area contributed by atoms with Gasteiger partial charge in [-0.25, -0.2) is 0 Å². The average molecular weight is 395 g/mol. The minimum Gasteiger partial charge on any atom is -0.491 e. The van der Waals surface area contributed by atoms with Crippen molar-refractivity contribution in [3.63, 3.8) is 0 Å². The third-order valence-electron chi connectivity index (χ3n) is 5.09. The smallest absolute Gasteiger partial charge is 0.119 e. The quantitative estimate of drug-likeness (QED) is 0.559. The molecule has 3 aromatic rings. The first-order valence-corrected chi connectivity index (χ1v) is 10.7.